The number of aryl methyl sites for hydroxylation is 1. The molecule has 0 spiro atoms. The van der Waals surface area contributed by atoms with Gasteiger partial charge in [-0.1, -0.05) is 12.1 Å². The molecule has 1 amide bonds. The Morgan fingerprint density at radius 1 is 1.06 bits per heavy atom. The Hall–Kier alpha value is -3.46. The molecule has 0 unspecified atom stereocenters. The summed E-state index contributed by atoms with van der Waals surface area (Å²) in [7, 11) is -2.53. The summed E-state index contributed by atoms with van der Waals surface area (Å²) in [4.78, 5) is 14.5. The number of anilines is 3. The number of carbonyl (C=O) groups is 1. The molecule has 2 aromatic carbocycles. The van der Waals surface area contributed by atoms with E-state index in [1.807, 2.05) is 18.7 Å². The second kappa shape index (κ2) is 9.78. The normalized spacial score (nSPS) is 11.1. The maximum Gasteiger partial charge on any atom is 0.291 e. The van der Waals surface area contributed by atoms with Crippen LogP contribution in [0.1, 0.15) is 30.2 Å². The van der Waals surface area contributed by atoms with Gasteiger partial charge in [0.15, 0.2) is 5.76 Å². The topological polar surface area (TPSA) is 101 Å². The van der Waals surface area contributed by atoms with Gasteiger partial charge in [0.1, 0.15) is 16.4 Å². The fraction of sp³-hybridized carbons (Fsp3) is 0.261. The standard InChI is InChI=1S/C23H27N3O5S/c1-5-26(6-2)19-13-12-17(24-23(27)21-14-11-16(3)31-21)15-22(19)32(28,29)25-18-9-7-8-10-20(18)30-4/h7-15,25H,5-6H2,1-4H3,(H,24,27). The summed E-state index contributed by atoms with van der Waals surface area (Å²) < 4.78 is 40.1. The highest BCUT2D eigenvalue weighted by Gasteiger charge is 2.24. The number of methoxy groups -OCH3 is 1. The molecule has 3 rings (SSSR count). The molecule has 2 N–H and O–H groups in total. The smallest absolute Gasteiger partial charge is 0.291 e. The summed E-state index contributed by atoms with van der Waals surface area (Å²) in [6, 6.07) is 14.8. The van der Waals surface area contributed by atoms with Gasteiger partial charge in [-0.2, -0.15) is 0 Å². The number of sulfonamides is 1. The van der Waals surface area contributed by atoms with Gasteiger partial charge in [0, 0.05) is 18.8 Å². The molecule has 0 saturated carbocycles. The van der Waals surface area contributed by atoms with E-state index in [2.05, 4.69) is 10.0 Å². The lowest BCUT2D eigenvalue weighted by Crippen LogP contribution is -2.26. The van der Waals surface area contributed by atoms with Gasteiger partial charge in [0.2, 0.25) is 0 Å². The molecule has 0 bridgehead atoms. The molecular formula is C23H27N3O5S. The molecule has 0 aliphatic carbocycles. The fourth-order valence-corrected chi connectivity index (χ4v) is 4.63. The van der Waals surface area contributed by atoms with Crippen LogP contribution < -0.4 is 19.7 Å². The molecule has 0 aliphatic rings. The lowest BCUT2D eigenvalue weighted by atomic mass is 10.2. The maximum absolute atomic E-state index is 13.4. The van der Waals surface area contributed by atoms with Gasteiger partial charge < -0.3 is 19.4 Å². The van der Waals surface area contributed by atoms with E-state index >= 15 is 0 Å². The van der Waals surface area contributed by atoms with E-state index in [-0.39, 0.29) is 10.7 Å². The highest BCUT2D eigenvalue weighted by atomic mass is 32.2. The number of benzene rings is 2. The number of furan rings is 1. The fourth-order valence-electron chi connectivity index (χ4n) is 3.31. The first-order valence-corrected chi connectivity index (χ1v) is 11.7. The second-order valence-electron chi connectivity index (χ2n) is 7.02. The van der Waals surface area contributed by atoms with Crippen molar-refractivity contribution in [2.45, 2.75) is 25.7 Å². The van der Waals surface area contributed by atoms with Gasteiger partial charge >= 0.3 is 0 Å². The summed E-state index contributed by atoms with van der Waals surface area (Å²) in [6.07, 6.45) is 0. The molecule has 0 radical (unpaired) electrons. The third-order valence-corrected chi connectivity index (χ3v) is 6.32. The minimum absolute atomic E-state index is 0.0422. The van der Waals surface area contributed by atoms with E-state index in [0.717, 1.165) is 0 Å². The minimum Gasteiger partial charge on any atom is -0.495 e. The van der Waals surface area contributed by atoms with Gasteiger partial charge in [0.25, 0.3) is 15.9 Å². The second-order valence-corrected chi connectivity index (χ2v) is 8.68. The largest absolute Gasteiger partial charge is 0.495 e. The summed E-state index contributed by atoms with van der Waals surface area (Å²) >= 11 is 0. The predicted molar refractivity (Wildman–Crippen MR) is 125 cm³/mol. The van der Waals surface area contributed by atoms with Crippen molar-refractivity contribution in [3.05, 3.63) is 66.1 Å². The minimum atomic E-state index is -4.01. The lowest BCUT2D eigenvalue weighted by molar-refractivity contribution is 0.0995. The monoisotopic (exact) mass is 457 g/mol. The Labute approximate surface area is 188 Å². The van der Waals surface area contributed by atoms with Crippen molar-refractivity contribution in [2.24, 2.45) is 0 Å². The van der Waals surface area contributed by atoms with E-state index in [4.69, 9.17) is 9.15 Å². The van der Waals surface area contributed by atoms with Gasteiger partial charge in [-0.3, -0.25) is 9.52 Å². The Kier molecular flexibility index (Phi) is 7.09. The summed E-state index contributed by atoms with van der Waals surface area (Å²) in [5.74, 6) is 0.691. The average Bonchev–Trinajstić information content (AvgIpc) is 3.22. The molecule has 1 heterocycles. The summed E-state index contributed by atoms with van der Waals surface area (Å²) in [5, 5.41) is 2.70. The number of nitrogens with zero attached hydrogens (tertiary/aromatic N) is 1. The van der Waals surface area contributed by atoms with E-state index in [1.165, 1.54) is 13.2 Å². The number of carbonyl (C=O) groups excluding carboxylic acids is 1. The Balaban J connectivity index is 2.02. The zero-order valence-electron chi connectivity index (χ0n) is 18.5. The van der Waals surface area contributed by atoms with Crippen LogP contribution in [0.4, 0.5) is 17.1 Å². The number of amides is 1. The Morgan fingerprint density at radius 2 is 1.78 bits per heavy atom. The molecular weight excluding hydrogens is 430 g/mol. The first-order valence-electron chi connectivity index (χ1n) is 10.2. The molecule has 8 nitrogen and oxygen atoms in total. The molecule has 0 atom stereocenters. The number of para-hydroxylation sites is 2. The van der Waals surface area contributed by atoms with Crippen molar-refractivity contribution in [3.63, 3.8) is 0 Å². The number of hydrogen-bond donors (Lipinski definition) is 2. The van der Waals surface area contributed by atoms with Crippen molar-refractivity contribution in [3.8, 4) is 5.75 Å². The molecule has 3 aromatic rings. The van der Waals surface area contributed by atoms with Crippen molar-refractivity contribution in [1.82, 2.24) is 0 Å². The van der Waals surface area contributed by atoms with Crippen molar-refractivity contribution < 1.29 is 22.4 Å². The quantitative estimate of drug-likeness (QED) is 0.491. The number of ether oxygens (including phenoxy) is 1. The van der Waals surface area contributed by atoms with Crippen LogP contribution in [0.5, 0.6) is 5.75 Å². The van der Waals surface area contributed by atoms with Crippen LogP contribution in [0.15, 0.2) is 63.9 Å². The molecule has 9 heteroatoms. The van der Waals surface area contributed by atoms with E-state index in [9.17, 15) is 13.2 Å². The lowest BCUT2D eigenvalue weighted by Gasteiger charge is -2.25. The van der Waals surface area contributed by atoms with Gasteiger partial charge in [0.05, 0.1) is 18.5 Å². The van der Waals surface area contributed by atoms with Crippen molar-refractivity contribution in [2.75, 3.05) is 35.1 Å². The number of hydrogen-bond acceptors (Lipinski definition) is 6. The molecule has 0 fully saturated rings. The first kappa shape index (κ1) is 23.2. The van der Waals surface area contributed by atoms with Crippen LogP contribution in [-0.2, 0) is 10.0 Å². The Bertz CT molecular complexity index is 1200. The average molecular weight is 458 g/mol. The molecule has 0 saturated heterocycles. The van der Waals surface area contributed by atoms with Crippen molar-refractivity contribution >= 4 is 33.0 Å². The van der Waals surface area contributed by atoms with Crippen LogP contribution in [0, 0.1) is 6.92 Å². The van der Waals surface area contributed by atoms with E-state index in [1.54, 1.807) is 55.5 Å². The molecule has 32 heavy (non-hydrogen) atoms. The van der Waals surface area contributed by atoms with Gasteiger partial charge in [-0.05, 0) is 63.2 Å². The summed E-state index contributed by atoms with van der Waals surface area (Å²) in [5.41, 5.74) is 1.19. The zero-order chi connectivity index (χ0) is 23.3. The zero-order valence-corrected chi connectivity index (χ0v) is 19.3. The van der Waals surface area contributed by atoms with Crippen LogP contribution in [0.25, 0.3) is 0 Å². The number of rotatable bonds is 9. The van der Waals surface area contributed by atoms with Crippen LogP contribution in [0.3, 0.4) is 0 Å². The SMILES string of the molecule is CCN(CC)c1ccc(NC(=O)c2ccc(C)o2)cc1S(=O)(=O)Nc1ccccc1OC. The molecule has 170 valence electrons. The molecule has 0 aliphatic heterocycles. The van der Waals surface area contributed by atoms with Gasteiger partial charge in [-0.25, -0.2) is 8.42 Å². The van der Waals surface area contributed by atoms with Crippen LogP contribution in [0.2, 0.25) is 0 Å². The van der Waals surface area contributed by atoms with Gasteiger partial charge in [-0.15, -0.1) is 0 Å². The molecule has 1 aromatic heterocycles. The first-order chi connectivity index (χ1) is 15.3. The van der Waals surface area contributed by atoms with E-state index in [0.29, 0.717) is 41.7 Å². The number of nitrogens with one attached hydrogen (secondary N) is 2. The van der Waals surface area contributed by atoms with E-state index < -0.39 is 15.9 Å². The third-order valence-electron chi connectivity index (χ3n) is 4.93. The highest BCUT2D eigenvalue weighted by molar-refractivity contribution is 7.93. The van der Waals surface area contributed by atoms with Crippen LogP contribution in [-0.4, -0.2) is 34.5 Å². The van der Waals surface area contributed by atoms with Crippen molar-refractivity contribution in [1.29, 1.82) is 0 Å². The maximum atomic E-state index is 13.4. The summed E-state index contributed by atoms with van der Waals surface area (Å²) in [6.45, 7) is 6.87. The Morgan fingerprint density at radius 3 is 2.41 bits per heavy atom. The third kappa shape index (κ3) is 5.05. The van der Waals surface area contributed by atoms with Crippen LogP contribution >= 0.6 is 0 Å². The highest BCUT2D eigenvalue weighted by Crippen LogP contribution is 2.32. The predicted octanol–water partition coefficient (Wildman–Crippen LogP) is 4.50.